The average Bonchev–Trinajstić information content (AvgIpc) is 2.60. The lowest BCUT2D eigenvalue weighted by Crippen LogP contribution is -2.28. The summed E-state index contributed by atoms with van der Waals surface area (Å²) in [7, 11) is 0. The molecule has 0 saturated heterocycles. The molecule has 0 bridgehead atoms. The number of carbonyl (C=O) groups is 1. The van der Waals surface area contributed by atoms with Gasteiger partial charge in [-0.1, -0.05) is 54.1 Å². The summed E-state index contributed by atoms with van der Waals surface area (Å²) < 4.78 is 0. The average molecular weight is 356 g/mol. The van der Waals surface area contributed by atoms with Crippen LogP contribution in [0.15, 0.2) is 71.6 Å². The maximum absolute atomic E-state index is 12.2. The standard InChI is InChI=1S/C20H18ClNOS/c1-14(15-6-9-18(21)10-7-15)22-20(23)13-24-19-11-8-16-4-2-3-5-17(16)12-19/h2-12,14H,13H2,1H3,(H,22,23). The molecule has 0 spiro atoms. The summed E-state index contributed by atoms with van der Waals surface area (Å²) >= 11 is 7.44. The van der Waals surface area contributed by atoms with Crippen LogP contribution in [0.2, 0.25) is 5.02 Å². The van der Waals surface area contributed by atoms with Crippen LogP contribution in [0.4, 0.5) is 0 Å². The maximum atomic E-state index is 12.2. The van der Waals surface area contributed by atoms with Crippen molar-refractivity contribution in [1.29, 1.82) is 0 Å². The van der Waals surface area contributed by atoms with Gasteiger partial charge < -0.3 is 5.32 Å². The minimum absolute atomic E-state index is 0.0237. The van der Waals surface area contributed by atoms with Gasteiger partial charge in [0.05, 0.1) is 11.8 Å². The highest BCUT2D eigenvalue weighted by molar-refractivity contribution is 8.00. The van der Waals surface area contributed by atoms with E-state index in [1.165, 1.54) is 10.8 Å². The number of halogens is 1. The number of amides is 1. The van der Waals surface area contributed by atoms with Crippen molar-refractivity contribution in [2.24, 2.45) is 0 Å². The lowest BCUT2D eigenvalue weighted by molar-refractivity contribution is -0.119. The normalized spacial score (nSPS) is 12.1. The van der Waals surface area contributed by atoms with Crippen molar-refractivity contribution < 1.29 is 4.79 Å². The van der Waals surface area contributed by atoms with Gasteiger partial charge in [-0.2, -0.15) is 0 Å². The number of rotatable bonds is 5. The molecule has 4 heteroatoms. The van der Waals surface area contributed by atoms with Gasteiger partial charge in [0.25, 0.3) is 0 Å². The Hall–Kier alpha value is -1.97. The van der Waals surface area contributed by atoms with Crippen LogP contribution < -0.4 is 5.32 Å². The van der Waals surface area contributed by atoms with E-state index in [9.17, 15) is 4.79 Å². The van der Waals surface area contributed by atoms with Crippen LogP contribution >= 0.6 is 23.4 Å². The van der Waals surface area contributed by atoms with E-state index >= 15 is 0 Å². The van der Waals surface area contributed by atoms with E-state index in [0.29, 0.717) is 10.8 Å². The first-order valence-corrected chi connectivity index (χ1v) is 9.14. The zero-order valence-electron chi connectivity index (χ0n) is 13.3. The molecule has 0 saturated carbocycles. The minimum Gasteiger partial charge on any atom is -0.349 e. The molecule has 0 radical (unpaired) electrons. The summed E-state index contributed by atoms with van der Waals surface area (Å²) in [5, 5.41) is 6.12. The quantitative estimate of drug-likeness (QED) is 0.615. The van der Waals surface area contributed by atoms with Crippen LogP contribution in [0.1, 0.15) is 18.5 Å². The molecule has 122 valence electrons. The van der Waals surface area contributed by atoms with Gasteiger partial charge in [-0.25, -0.2) is 0 Å². The predicted octanol–water partition coefficient (Wildman–Crippen LogP) is 5.46. The molecule has 24 heavy (non-hydrogen) atoms. The number of thioether (sulfide) groups is 1. The van der Waals surface area contributed by atoms with E-state index in [2.05, 4.69) is 35.6 Å². The van der Waals surface area contributed by atoms with Gasteiger partial charge in [0.1, 0.15) is 0 Å². The molecule has 0 aliphatic heterocycles. The topological polar surface area (TPSA) is 29.1 Å². The Labute approximate surface area is 151 Å². The molecule has 3 aromatic rings. The van der Waals surface area contributed by atoms with E-state index in [0.717, 1.165) is 10.5 Å². The number of hydrogen-bond donors (Lipinski definition) is 1. The number of hydrogen-bond acceptors (Lipinski definition) is 2. The third kappa shape index (κ3) is 4.31. The highest BCUT2D eigenvalue weighted by atomic mass is 35.5. The molecule has 1 unspecified atom stereocenters. The first kappa shape index (κ1) is 16.9. The second-order valence-electron chi connectivity index (χ2n) is 5.64. The lowest BCUT2D eigenvalue weighted by atomic mass is 10.1. The van der Waals surface area contributed by atoms with Crippen LogP contribution in [0.25, 0.3) is 10.8 Å². The summed E-state index contributed by atoms with van der Waals surface area (Å²) in [6.45, 7) is 1.97. The molecule has 0 aliphatic rings. The van der Waals surface area contributed by atoms with Crippen LogP contribution in [-0.2, 0) is 4.79 Å². The Morgan fingerprint density at radius 2 is 1.75 bits per heavy atom. The first-order valence-electron chi connectivity index (χ1n) is 7.78. The summed E-state index contributed by atoms with van der Waals surface area (Å²) in [5.41, 5.74) is 1.04. The van der Waals surface area contributed by atoms with Crippen molar-refractivity contribution in [2.75, 3.05) is 5.75 Å². The van der Waals surface area contributed by atoms with Crippen molar-refractivity contribution in [2.45, 2.75) is 17.9 Å². The highest BCUT2D eigenvalue weighted by Gasteiger charge is 2.10. The number of benzene rings is 3. The third-order valence-corrected chi connectivity index (χ3v) is 5.08. The number of fused-ring (bicyclic) bond motifs is 1. The molecular weight excluding hydrogens is 338 g/mol. The summed E-state index contributed by atoms with van der Waals surface area (Å²) in [4.78, 5) is 13.3. The van der Waals surface area contributed by atoms with Gasteiger partial charge in [-0.3, -0.25) is 4.79 Å². The van der Waals surface area contributed by atoms with Gasteiger partial charge in [0, 0.05) is 9.92 Å². The van der Waals surface area contributed by atoms with Crippen LogP contribution in [0, 0.1) is 0 Å². The highest BCUT2D eigenvalue weighted by Crippen LogP contribution is 2.24. The van der Waals surface area contributed by atoms with Gasteiger partial charge in [0.2, 0.25) is 5.91 Å². The summed E-state index contributed by atoms with van der Waals surface area (Å²) in [6, 6.07) is 22.0. The van der Waals surface area contributed by atoms with Crippen molar-refractivity contribution in [3.05, 3.63) is 77.3 Å². The summed E-state index contributed by atoms with van der Waals surface area (Å²) in [6.07, 6.45) is 0. The fraction of sp³-hybridized carbons (Fsp3) is 0.150. The Kier molecular flexibility index (Phi) is 5.44. The predicted molar refractivity (Wildman–Crippen MR) is 103 cm³/mol. The van der Waals surface area contributed by atoms with Gasteiger partial charge in [-0.15, -0.1) is 11.8 Å². The molecule has 0 aromatic heterocycles. The Morgan fingerprint density at radius 1 is 1.04 bits per heavy atom. The monoisotopic (exact) mass is 355 g/mol. The Balaban J connectivity index is 1.57. The third-order valence-electron chi connectivity index (χ3n) is 3.84. The molecular formula is C20H18ClNOS. The maximum Gasteiger partial charge on any atom is 0.230 e. The van der Waals surface area contributed by atoms with Crippen molar-refractivity contribution >= 4 is 40.0 Å². The molecule has 1 N–H and O–H groups in total. The van der Waals surface area contributed by atoms with E-state index < -0.39 is 0 Å². The fourth-order valence-corrected chi connectivity index (χ4v) is 3.41. The van der Waals surface area contributed by atoms with Crippen molar-refractivity contribution in [1.82, 2.24) is 5.32 Å². The van der Waals surface area contributed by atoms with E-state index in [4.69, 9.17) is 11.6 Å². The Bertz CT molecular complexity index is 848. The van der Waals surface area contributed by atoms with E-state index in [-0.39, 0.29) is 11.9 Å². The van der Waals surface area contributed by atoms with Crippen molar-refractivity contribution in [3.63, 3.8) is 0 Å². The van der Waals surface area contributed by atoms with E-state index in [1.807, 2.05) is 43.3 Å². The molecule has 3 rings (SSSR count). The Morgan fingerprint density at radius 3 is 2.50 bits per heavy atom. The summed E-state index contributed by atoms with van der Waals surface area (Å²) in [5.74, 6) is 0.423. The van der Waals surface area contributed by atoms with Gasteiger partial charge >= 0.3 is 0 Å². The number of nitrogens with one attached hydrogen (secondary N) is 1. The second-order valence-corrected chi connectivity index (χ2v) is 7.12. The molecule has 3 aromatic carbocycles. The first-order chi connectivity index (χ1) is 11.6. The largest absolute Gasteiger partial charge is 0.349 e. The minimum atomic E-state index is -0.0352. The molecule has 1 amide bonds. The molecule has 0 aliphatic carbocycles. The molecule has 1 atom stereocenters. The van der Waals surface area contributed by atoms with Crippen LogP contribution in [-0.4, -0.2) is 11.7 Å². The molecule has 0 fully saturated rings. The smallest absolute Gasteiger partial charge is 0.230 e. The van der Waals surface area contributed by atoms with E-state index in [1.54, 1.807) is 11.8 Å². The zero-order valence-corrected chi connectivity index (χ0v) is 14.9. The zero-order chi connectivity index (χ0) is 16.9. The second kappa shape index (κ2) is 7.73. The van der Waals surface area contributed by atoms with Gasteiger partial charge in [-0.05, 0) is 47.5 Å². The number of carbonyl (C=O) groups excluding carboxylic acids is 1. The molecule has 0 heterocycles. The molecule has 2 nitrogen and oxygen atoms in total. The fourth-order valence-electron chi connectivity index (χ4n) is 2.52. The van der Waals surface area contributed by atoms with Crippen molar-refractivity contribution in [3.8, 4) is 0 Å². The SMILES string of the molecule is CC(NC(=O)CSc1ccc2ccccc2c1)c1ccc(Cl)cc1. The van der Waals surface area contributed by atoms with Gasteiger partial charge in [0.15, 0.2) is 0 Å². The lowest BCUT2D eigenvalue weighted by Gasteiger charge is -2.14. The van der Waals surface area contributed by atoms with Crippen LogP contribution in [0.5, 0.6) is 0 Å². The van der Waals surface area contributed by atoms with Crippen LogP contribution in [0.3, 0.4) is 0 Å².